The van der Waals surface area contributed by atoms with E-state index in [4.69, 9.17) is 14.2 Å². The van der Waals surface area contributed by atoms with Gasteiger partial charge in [-0.15, -0.1) is 0 Å². The standard InChI is InChI=1S/C25H28O6/c1-13(2)6-7-15-8-9-17(26)16-11-30-23-14(3)10-18-24(21(23)22(27)20(15)16)31-19(12-29-18)25(4,5)28/h6,8-10,19,26,28H,7,11-12H2,1-5H3. The zero-order valence-corrected chi connectivity index (χ0v) is 18.5. The SMILES string of the molecule is CC(C)=CCc1ccc(O)c2c1C(=O)c1c(c(C)cc3c1OC(C(C)(C)O)CO3)OC2. The molecule has 2 aliphatic rings. The van der Waals surface area contributed by atoms with Crippen LogP contribution in [0.25, 0.3) is 0 Å². The maximum absolute atomic E-state index is 13.9. The molecule has 4 rings (SSSR count). The molecule has 0 aromatic heterocycles. The Hall–Kier alpha value is -2.99. The molecule has 6 heteroatoms. The number of aliphatic hydroxyl groups is 1. The summed E-state index contributed by atoms with van der Waals surface area (Å²) in [6.07, 6.45) is 1.96. The lowest BCUT2D eigenvalue weighted by Crippen LogP contribution is -2.46. The van der Waals surface area contributed by atoms with E-state index in [9.17, 15) is 15.0 Å². The summed E-state index contributed by atoms with van der Waals surface area (Å²) in [5, 5.41) is 20.9. The van der Waals surface area contributed by atoms with Gasteiger partial charge in [0.2, 0.25) is 5.78 Å². The zero-order valence-electron chi connectivity index (χ0n) is 18.5. The van der Waals surface area contributed by atoms with Crippen LogP contribution in [0.5, 0.6) is 23.0 Å². The third kappa shape index (κ3) is 3.76. The Morgan fingerprint density at radius 3 is 2.61 bits per heavy atom. The van der Waals surface area contributed by atoms with Crippen LogP contribution in [0.15, 0.2) is 29.8 Å². The number of hydrogen-bond donors (Lipinski definition) is 2. The molecule has 1 atom stereocenters. The molecular weight excluding hydrogens is 396 g/mol. The molecular formula is C25H28O6. The maximum atomic E-state index is 13.9. The van der Waals surface area contributed by atoms with E-state index in [0.29, 0.717) is 29.0 Å². The second-order valence-electron chi connectivity index (χ2n) is 9.00. The minimum Gasteiger partial charge on any atom is -0.508 e. The summed E-state index contributed by atoms with van der Waals surface area (Å²) in [6.45, 7) is 9.37. The number of allylic oxidation sites excluding steroid dienone is 2. The van der Waals surface area contributed by atoms with E-state index in [1.807, 2.05) is 26.8 Å². The minimum absolute atomic E-state index is 0.0233. The third-order valence-electron chi connectivity index (χ3n) is 5.74. The van der Waals surface area contributed by atoms with E-state index in [1.54, 1.807) is 32.0 Å². The molecule has 0 amide bonds. The van der Waals surface area contributed by atoms with Crippen LogP contribution < -0.4 is 14.2 Å². The van der Waals surface area contributed by atoms with Crippen LogP contribution in [0.2, 0.25) is 0 Å². The van der Waals surface area contributed by atoms with Crippen molar-refractivity contribution in [2.24, 2.45) is 0 Å². The van der Waals surface area contributed by atoms with E-state index in [1.165, 1.54) is 0 Å². The number of fused-ring (bicyclic) bond motifs is 4. The van der Waals surface area contributed by atoms with Crippen molar-refractivity contribution in [1.29, 1.82) is 0 Å². The van der Waals surface area contributed by atoms with Crippen molar-refractivity contribution in [3.05, 3.63) is 57.7 Å². The highest BCUT2D eigenvalue weighted by Crippen LogP contribution is 2.47. The van der Waals surface area contributed by atoms with Gasteiger partial charge in [0.15, 0.2) is 17.6 Å². The van der Waals surface area contributed by atoms with Crippen molar-refractivity contribution in [2.75, 3.05) is 6.61 Å². The Bertz CT molecular complexity index is 1090. The van der Waals surface area contributed by atoms with Gasteiger partial charge < -0.3 is 24.4 Å². The number of carbonyl (C=O) groups is 1. The molecule has 0 spiro atoms. The summed E-state index contributed by atoms with van der Waals surface area (Å²) in [7, 11) is 0. The minimum atomic E-state index is -1.16. The van der Waals surface area contributed by atoms with Gasteiger partial charge in [0, 0.05) is 11.1 Å². The monoisotopic (exact) mass is 424 g/mol. The molecule has 0 aliphatic carbocycles. The Morgan fingerprint density at radius 1 is 1.19 bits per heavy atom. The number of phenols is 1. The van der Waals surface area contributed by atoms with Crippen molar-refractivity contribution >= 4 is 5.78 Å². The molecule has 0 bridgehead atoms. The molecule has 6 nitrogen and oxygen atoms in total. The molecule has 31 heavy (non-hydrogen) atoms. The highest BCUT2D eigenvalue weighted by Gasteiger charge is 2.39. The van der Waals surface area contributed by atoms with Crippen LogP contribution in [-0.4, -0.2) is 34.3 Å². The second-order valence-corrected chi connectivity index (χ2v) is 9.00. The van der Waals surface area contributed by atoms with Gasteiger partial charge >= 0.3 is 0 Å². The van der Waals surface area contributed by atoms with Crippen LogP contribution in [0, 0.1) is 6.92 Å². The Kier molecular flexibility index (Phi) is 5.21. The van der Waals surface area contributed by atoms with Crippen LogP contribution in [0.3, 0.4) is 0 Å². The van der Waals surface area contributed by atoms with Crippen LogP contribution in [0.1, 0.15) is 60.3 Å². The number of ether oxygens (including phenoxy) is 3. The second kappa shape index (κ2) is 7.61. The predicted octanol–water partition coefficient (Wildman–Crippen LogP) is 4.24. The van der Waals surface area contributed by atoms with Crippen molar-refractivity contribution in [1.82, 2.24) is 0 Å². The highest BCUT2D eigenvalue weighted by molar-refractivity contribution is 6.15. The van der Waals surface area contributed by atoms with Crippen molar-refractivity contribution in [3.63, 3.8) is 0 Å². The average molecular weight is 424 g/mol. The van der Waals surface area contributed by atoms with E-state index in [2.05, 4.69) is 0 Å². The molecule has 0 radical (unpaired) electrons. The van der Waals surface area contributed by atoms with Gasteiger partial charge in [0.25, 0.3) is 0 Å². The summed E-state index contributed by atoms with van der Waals surface area (Å²) in [6, 6.07) is 5.16. The van der Waals surface area contributed by atoms with Crippen molar-refractivity contribution in [2.45, 2.75) is 59.4 Å². The highest BCUT2D eigenvalue weighted by atomic mass is 16.6. The number of benzene rings is 2. The lowest BCUT2D eigenvalue weighted by molar-refractivity contribution is -0.0657. The lowest BCUT2D eigenvalue weighted by Gasteiger charge is -2.35. The molecule has 2 aliphatic heterocycles. The normalized spacial score (nSPS) is 17.2. The summed E-state index contributed by atoms with van der Waals surface area (Å²) >= 11 is 0. The first-order valence-electron chi connectivity index (χ1n) is 10.4. The Balaban J connectivity index is 1.92. The smallest absolute Gasteiger partial charge is 0.201 e. The largest absolute Gasteiger partial charge is 0.508 e. The van der Waals surface area contributed by atoms with Gasteiger partial charge in [-0.1, -0.05) is 17.7 Å². The molecule has 0 saturated carbocycles. The van der Waals surface area contributed by atoms with Crippen LogP contribution >= 0.6 is 0 Å². The van der Waals surface area contributed by atoms with Crippen molar-refractivity contribution < 1.29 is 29.2 Å². The number of aryl methyl sites for hydroxylation is 1. The molecule has 164 valence electrons. The number of rotatable bonds is 3. The summed E-state index contributed by atoms with van der Waals surface area (Å²) < 4.78 is 18.0. The van der Waals surface area contributed by atoms with Crippen LogP contribution in [0.4, 0.5) is 0 Å². The molecule has 2 N–H and O–H groups in total. The quantitative estimate of drug-likeness (QED) is 0.717. The van der Waals surface area contributed by atoms with Crippen molar-refractivity contribution in [3.8, 4) is 23.0 Å². The third-order valence-corrected chi connectivity index (χ3v) is 5.74. The lowest BCUT2D eigenvalue weighted by atomic mass is 9.90. The van der Waals surface area contributed by atoms with Gasteiger partial charge in [-0.05, 0) is 64.3 Å². The van der Waals surface area contributed by atoms with E-state index < -0.39 is 11.7 Å². The Labute approximate surface area is 182 Å². The molecule has 1 unspecified atom stereocenters. The molecule has 2 aromatic rings. The van der Waals surface area contributed by atoms with Crippen LogP contribution in [-0.2, 0) is 13.0 Å². The molecule has 2 aromatic carbocycles. The first-order chi connectivity index (χ1) is 14.6. The first-order valence-corrected chi connectivity index (χ1v) is 10.4. The van der Waals surface area contributed by atoms with Gasteiger partial charge in [0.05, 0.1) is 5.60 Å². The fourth-order valence-corrected chi connectivity index (χ4v) is 3.93. The molecule has 2 heterocycles. The molecule has 0 saturated heterocycles. The van der Waals surface area contributed by atoms with E-state index >= 15 is 0 Å². The number of carbonyl (C=O) groups excluding carboxylic acids is 1. The fourth-order valence-electron chi connectivity index (χ4n) is 3.93. The maximum Gasteiger partial charge on any atom is 0.201 e. The van der Waals surface area contributed by atoms with Gasteiger partial charge in [-0.2, -0.15) is 0 Å². The summed E-state index contributed by atoms with van der Waals surface area (Å²) in [4.78, 5) is 13.9. The first kappa shape index (κ1) is 21.2. The number of ketones is 1. The van der Waals surface area contributed by atoms with E-state index in [0.717, 1.165) is 16.7 Å². The average Bonchev–Trinajstić information content (AvgIpc) is 2.85. The van der Waals surface area contributed by atoms with E-state index in [-0.39, 0.29) is 36.1 Å². The summed E-state index contributed by atoms with van der Waals surface area (Å²) in [5.41, 5.74) is 2.69. The number of phenolic OH excluding ortho intramolecular Hbond substituents is 1. The topological polar surface area (TPSA) is 85.2 Å². The number of aromatic hydroxyl groups is 1. The fraction of sp³-hybridized carbons (Fsp3) is 0.400. The zero-order chi connectivity index (χ0) is 22.5. The van der Waals surface area contributed by atoms with Gasteiger partial charge in [0.1, 0.15) is 30.3 Å². The molecule has 0 fully saturated rings. The Morgan fingerprint density at radius 2 is 1.94 bits per heavy atom. The summed E-state index contributed by atoms with van der Waals surface area (Å²) in [5.74, 6) is 0.870. The predicted molar refractivity (Wildman–Crippen MR) is 116 cm³/mol. The number of hydrogen-bond acceptors (Lipinski definition) is 6. The van der Waals surface area contributed by atoms with Gasteiger partial charge in [-0.3, -0.25) is 4.79 Å². The van der Waals surface area contributed by atoms with Gasteiger partial charge in [-0.25, -0.2) is 0 Å².